The van der Waals surface area contributed by atoms with E-state index in [4.69, 9.17) is 4.74 Å². The van der Waals surface area contributed by atoms with Gasteiger partial charge in [-0.15, -0.1) is 0 Å². The van der Waals surface area contributed by atoms with Crippen LogP contribution in [0.4, 0.5) is 0 Å². The summed E-state index contributed by atoms with van der Waals surface area (Å²) in [6.45, 7) is 7.90. The lowest BCUT2D eigenvalue weighted by Gasteiger charge is -2.24. The van der Waals surface area contributed by atoms with Gasteiger partial charge in [-0.25, -0.2) is 0 Å². The van der Waals surface area contributed by atoms with Crippen LogP contribution in [0.15, 0.2) is 10.9 Å². The monoisotopic (exact) mass is 251 g/mol. The van der Waals surface area contributed by atoms with Crippen molar-refractivity contribution in [1.29, 1.82) is 0 Å². The van der Waals surface area contributed by atoms with Gasteiger partial charge in [0, 0.05) is 12.7 Å². The zero-order chi connectivity index (χ0) is 13.9. The van der Waals surface area contributed by atoms with Crippen LogP contribution in [0.5, 0.6) is 0 Å². The predicted octanol–water partition coefficient (Wildman–Crippen LogP) is 2.27. The number of aryl methyl sites for hydroxylation is 1. The Labute approximate surface area is 108 Å². The van der Waals surface area contributed by atoms with Gasteiger partial charge in [-0.3, -0.25) is 9.59 Å². The topological polar surface area (TPSA) is 48.3 Å². The Morgan fingerprint density at radius 2 is 2.00 bits per heavy atom. The summed E-state index contributed by atoms with van der Waals surface area (Å²) in [6.07, 6.45) is 0.665. The van der Waals surface area contributed by atoms with Crippen LogP contribution < -0.4 is 5.56 Å². The van der Waals surface area contributed by atoms with Crippen LogP contribution in [0, 0.1) is 6.92 Å². The Hall–Kier alpha value is -1.58. The van der Waals surface area contributed by atoms with Crippen LogP contribution in [0.25, 0.3) is 0 Å². The summed E-state index contributed by atoms with van der Waals surface area (Å²) in [5, 5.41) is 0. The van der Waals surface area contributed by atoms with Crippen molar-refractivity contribution in [2.24, 2.45) is 7.05 Å². The van der Waals surface area contributed by atoms with Crippen LogP contribution in [0.2, 0.25) is 0 Å². The zero-order valence-electron chi connectivity index (χ0n) is 11.7. The molecule has 18 heavy (non-hydrogen) atoms. The number of ether oxygens (including phenoxy) is 1. The molecule has 1 aromatic heterocycles. The second-order valence-electron chi connectivity index (χ2n) is 4.15. The van der Waals surface area contributed by atoms with Crippen LogP contribution >= 0.6 is 0 Å². The van der Waals surface area contributed by atoms with E-state index in [1.807, 2.05) is 33.8 Å². The molecule has 0 spiro atoms. The standard InChI is InChI=1S/C12H15NO3.C2H6/c1-4-8-9-5-7(2)13(3)11(14)10(9)6-16-12(8)15;1-2/h5,8H,4,6H2,1-3H3;1-2H3. The molecule has 0 saturated carbocycles. The Morgan fingerprint density at radius 3 is 2.56 bits per heavy atom. The Bertz CT molecular complexity index is 502. The minimum Gasteiger partial charge on any atom is -0.460 e. The highest BCUT2D eigenvalue weighted by atomic mass is 16.5. The first kappa shape index (κ1) is 14.5. The van der Waals surface area contributed by atoms with Gasteiger partial charge in [0.25, 0.3) is 5.56 Å². The maximum Gasteiger partial charge on any atom is 0.313 e. The maximum atomic E-state index is 12.0. The quantitative estimate of drug-likeness (QED) is 0.719. The molecule has 0 amide bonds. The van der Waals surface area contributed by atoms with Gasteiger partial charge in [-0.2, -0.15) is 0 Å². The number of pyridine rings is 1. The minimum atomic E-state index is -0.281. The molecule has 0 fully saturated rings. The predicted molar refractivity (Wildman–Crippen MR) is 70.6 cm³/mol. The fourth-order valence-electron chi connectivity index (χ4n) is 2.11. The molecule has 4 nitrogen and oxygen atoms in total. The second-order valence-corrected chi connectivity index (χ2v) is 4.15. The van der Waals surface area contributed by atoms with E-state index < -0.39 is 0 Å². The number of hydrogen-bond acceptors (Lipinski definition) is 3. The largest absolute Gasteiger partial charge is 0.460 e. The molecule has 0 saturated heterocycles. The summed E-state index contributed by atoms with van der Waals surface area (Å²) in [6, 6.07) is 1.92. The number of hydrogen-bond donors (Lipinski definition) is 0. The van der Waals surface area contributed by atoms with Gasteiger partial charge >= 0.3 is 5.97 Å². The number of carbonyl (C=O) groups is 1. The van der Waals surface area contributed by atoms with Crippen LogP contribution in [-0.2, 0) is 23.2 Å². The number of cyclic esters (lactones) is 1. The van der Waals surface area contributed by atoms with E-state index >= 15 is 0 Å². The normalized spacial score (nSPS) is 17.4. The van der Waals surface area contributed by atoms with E-state index in [9.17, 15) is 9.59 Å². The van der Waals surface area contributed by atoms with Crippen molar-refractivity contribution in [3.05, 3.63) is 33.2 Å². The third-order valence-electron chi connectivity index (χ3n) is 3.23. The van der Waals surface area contributed by atoms with E-state index in [0.29, 0.717) is 12.0 Å². The fourth-order valence-corrected chi connectivity index (χ4v) is 2.11. The molecule has 1 unspecified atom stereocenters. The minimum absolute atomic E-state index is 0.0547. The molecular weight excluding hydrogens is 230 g/mol. The first-order valence-electron chi connectivity index (χ1n) is 6.42. The molecular formula is C14H21NO3. The summed E-state index contributed by atoms with van der Waals surface area (Å²) in [4.78, 5) is 23.5. The summed E-state index contributed by atoms with van der Waals surface area (Å²) >= 11 is 0. The molecule has 0 radical (unpaired) electrons. The highest BCUT2D eigenvalue weighted by Crippen LogP contribution is 2.28. The number of carbonyl (C=O) groups excluding carboxylic acids is 1. The van der Waals surface area contributed by atoms with E-state index in [1.54, 1.807) is 11.6 Å². The van der Waals surface area contributed by atoms with Crippen molar-refractivity contribution < 1.29 is 9.53 Å². The molecule has 100 valence electrons. The first-order valence-corrected chi connectivity index (χ1v) is 6.42. The van der Waals surface area contributed by atoms with Crippen molar-refractivity contribution in [3.63, 3.8) is 0 Å². The van der Waals surface area contributed by atoms with Crippen LogP contribution in [0.3, 0.4) is 0 Å². The molecule has 1 aliphatic heterocycles. The van der Waals surface area contributed by atoms with E-state index in [-0.39, 0.29) is 24.1 Å². The molecule has 1 aromatic rings. The molecule has 0 N–H and O–H groups in total. The summed E-state index contributed by atoms with van der Waals surface area (Å²) < 4.78 is 6.62. The van der Waals surface area contributed by atoms with Gasteiger partial charge in [0.1, 0.15) is 6.61 Å². The van der Waals surface area contributed by atoms with Crippen LogP contribution in [-0.4, -0.2) is 10.5 Å². The number of rotatable bonds is 1. The smallest absolute Gasteiger partial charge is 0.313 e. The molecule has 1 aliphatic rings. The van der Waals surface area contributed by atoms with Crippen molar-refractivity contribution in [2.75, 3.05) is 0 Å². The lowest BCUT2D eigenvalue weighted by Crippen LogP contribution is -2.32. The highest BCUT2D eigenvalue weighted by Gasteiger charge is 2.30. The fraction of sp³-hybridized carbons (Fsp3) is 0.571. The number of aromatic nitrogens is 1. The lowest BCUT2D eigenvalue weighted by molar-refractivity contribution is -0.148. The molecule has 0 aromatic carbocycles. The summed E-state index contributed by atoms with van der Waals surface area (Å²) in [5.74, 6) is -0.501. The van der Waals surface area contributed by atoms with Crippen molar-refractivity contribution in [1.82, 2.24) is 4.57 Å². The average molecular weight is 251 g/mol. The Balaban J connectivity index is 0.000000771. The van der Waals surface area contributed by atoms with Gasteiger partial charge in [0.05, 0.1) is 11.5 Å². The van der Waals surface area contributed by atoms with Gasteiger partial charge in [0.2, 0.25) is 0 Å². The van der Waals surface area contributed by atoms with Crippen LogP contribution in [0.1, 0.15) is 49.9 Å². The van der Waals surface area contributed by atoms with E-state index in [1.165, 1.54) is 0 Å². The van der Waals surface area contributed by atoms with Crippen molar-refractivity contribution in [2.45, 2.75) is 46.6 Å². The third kappa shape index (κ3) is 2.33. The van der Waals surface area contributed by atoms with Gasteiger partial charge in [-0.05, 0) is 25.0 Å². The third-order valence-corrected chi connectivity index (χ3v) is 3.23. The summed E-state index contributed by atoms with van der Waals surface area (Å²) in [5.41, 5.74) is 2.29. The molecule has 2 heterocycles. The average Bonchev–Trinajstić information content (AvgIpc) is 2.38. The number of esters is 1. The molecule has 2 rings (SSSR count). The van der Waals surface area contributed by atoms with Gasteiger partial charge in [0.15, 0.2) is 0 Å². The molecule has 4 heteroatoms. The Morgan fingerprint density at radius 1 is 1.39 bits per heavy atom. The highest BCUT2D eigenvalue weighted by molar-refractivity contribution is 5.80. The molecule has 0 bridgehead atoms. The Kier molecular flexibility index (Phi) is 4.70. The zero-order valence-corrected chi connectivity index (χ0v) is 11.7. The van der Waals surface area contributed by atoms with Crippen molar-refractivity contribution in [3.8, 4) is 0 Å². The molecule has 1 atom stereocenters. The van der Waals surface area contributed by atoms with Gasteiger partial charge < -0.3 is 9.30 Å². The lowest BCUT2D eigenvalue weighted by atomic mass is 9.91. The second kappa shape index (κ2) is 5.85. The van der Waals surface area contributed by atoms with E-state index in [0.717, 1.165) is 11.3 Å². The number of fused-ring (bicyclic) bond motifs is 1. The van der Waals surface area contributed by atoms with Crippen molar-refractivity contribution >= 4 is 5.97 Å². The first-order chi connectivity index (χ1) is 8.56. The maximum absolute atomic E-state index is 12.0. The molecule has 0 aliphatic carbocycles. The SMILES string of the molecule is CC.CCC1C(=O)OCc2c1cc(C)n(C)c2=O. The van der Waals surface area contributed by atoms with Gasteiger partial charge in [-0.1, -0.05) is 20.8 Å². The van der Waals surface area contributed by atoms with E-state index in [2.05, 4.69) is 0 Å². The summed E-state index contributed by atoms with van der Waals surface area (Å²) in [7, 11) is 1.73. The number of nitrogens with zero attached hydrogens (tertiary/aromatic N) is 1.